The molecule has 1 aliphatic heterocycles. The highest BCUT2D eigenvalue weighted by Crippen LogP contribution is 2.33. The Hall–Kier alpha value is -1.93. The summed E-state index contributed by atoms with van der Waals surface area (Å²) in [7, 11) is 0. The zero-order valence-corrected chi connectivity index (χ0v) is 17.4. The molecule has 0 aromatic heterocycles. The summed E-state index contributed by atoms with van der Waals surface area (Å²) in [6.07, 6.45) is 1.50. The van der Waals surface area contributed by atoms with Crippen LogP contribution < -0.4 is 5.32 Å². The van der Waals surface area contributed by atoms with E-state index >= 15 is 0 Å². The minimum Gasteiger partial charge on any atom is -0.326 e. The molecule has 2 aromatic rings. The predicted molar refractivity (Wildman–Crippen MR) is 116 cm³/mol. The highest BCUT2D eigenvalue weighted by Gasteiger charge is 2.32. The van der Waals surface area contributed by atoms with E-state index in [1.807, 2.05) is 0 Å². The normalized spacial score (nSPS) is 15.4. The fraction of sp³-hybridized carbons (Fsp3) is 0.105. The van der Waals surface area contributed by atoms with Gasteiger partial charge in [-0.2, -0.15) is 0 Å². The number of rotatable bonds is 5. The van der Waals surface area contributed by atoms with Gasteiger partial charge in [-0.15, -0.1) is 0 Å². The molecule has 0 aliphatic carbocycles. The lowest BCUT2D eigenvalue weighted by Crippen LogP contribution is -2.31. The number of anilines is 1. The van der Waals surface area contributed by atoms with Crippen LogP contribution in [-0.4, -0.2) is 27.6 Å². The lowest BCUT2D eigenvalue weighted by molar-refractivity contribution is -0.122. The molecule has 3 rings (SSSR count). The van der Waals surface area contributed by atoms with Crippen molar-refractivity contribution in [2.75, 3.05) is 11.9 Å². The van der Waals surface area contributed by atoms with Crippen LogP contribution in [0.25, 0.3) is 6.08 Å². The average Bonchev–Trinajstić information content (AvgIpc) is 2.91. The van der Waals surface area contributed by atoms with E-state index in [1.54, 1.807) is 36.4 Å². The van der Waals surface area contributed by atoms with Gasteiger partial charge in [0.2, 0.25) is 5.91 Å². The number of halogens is 3. The predicted octanol–water partition coefficient (Wildman–Crippen LogP) is 5.36. The first-order chi connectivity index (χ1) is 13.3. The molecule has 0 unspecified atom stereocenters. The number of benzene rings is 2. The quantitative estimate of drug-likeness (QED) is 0.487. The van der Waals surface area contributed by atoms with E-state index in [-0.39, 0.29) is 24.8 Å². The molecular formula is C19H13Cl2FN2O2S2. The summed E-state index contributed by atoms with van der Waals surface area (Å²) in [5.41, 5.74) is 0.810. The second-order valence-electron chi connectivity index (χ2n) is 5.78. The van der Waals surface area contributed by atoms with Gasteiger partial charge in [0.05, 0.1) is 15.0 Å². The molecule has 0 saturated carbocycles. The zero-order chi connectivity index (χ0) is 20.3. The number of nitrogens with zero attached hydrogens (tertiary/aromatic N) is 1. The Labute approximate surface area is 180 Å². The number of carbonyl (C=O) groups is 2. The third kappa shape index (κ3) is 4.91. The first-order valence-corrected chi connectivity index (χ1v) is 10.1. The summed E-state index contributed by atoms with van der Waals surface area (Å²) in [5.74, 6) is -1.07. The van der Waals surface area contributed by atoms with E-state index < -0.39 is 5.82 Å². The molecule has 1 aliphatic rings. The maximum Gasteiger partial charge on any atom is 0.266 e. The van der Waals surface area contributed by atoms with Crippen LogP contribution in [0, 0.1) is 5.82 Å². The average molecular weight is 455 g/mol. The van der Waals surface area contributed by atoms with Gasteiger partial charge in [-0.3, -0.25) is 14.5 Å². The van der Waals surface area contributed by atoms with Gasteiger partial charge in [0.25, 0.3) is 5.91 Å². The van der Waals surface area contributed by atoms with Crippen LogP contribution in [0.1, 0.15) is 12.0 Å². The third-order valence-corrected chi connectivity index (χ3v) is 5.95. The number of thiocarbonyl (C=S) groups is 1. The molecule has 2 amide bonds. The van der Waals surface area contributed by atoms with Crippen LogP contribution in [0.5, 0.6) is 0 Å². The third-order valence-electron chi connectivity index (χ3n) is 3.83. The molecule has 1 N–H and O–H groups in total. The molecule has 0 spiro atoms. The van der Waals surface area contributed by atoms with Crippen molar-refractivity contribution in [3.8, 4) is 0 Å². The highest BCUT2D eigenvalue weighted by atomic mass is 35.5. The van der Waals surface area contributed by atoms with Gasteiger partial charge in [0.15, 0.2) is 0 Å². The van der Waals surface area contributed by atoms with Crippen molar-refractivity contribution < 1.29 is 14.0 Å². The minimum absolute atomic E-state index is 0.0413. The zero-order valence-electron chi connectivity index (χ0n) is 14.2. The van der Waals surface area contributed by atoms with Gasteiger partial charge in [-0.05, 0) is 30.3 Å². The van der Waals surface area contributed by atoms with Crippen molar-refractivity contribution in [1.82, 2.24) is 4.90 Å². The summed E-state index contributed by atoms with van der Waals surface area (Å²) in [6.45, 7) is 0.117. The second kappa shape index (κ2) is 9.05. The van der Waals surface area contributed by atoms with Gasteiger partial charge in [0.1, 0.15) is 10.1 Å². The van der Waals surface area contributed by atoms with Crippen LogP contribution in [0.15, 0.2) is 47.4 Å². The van der Waals surface area contributed by atoms with Crippen LogP contribution in [0.3, 0.4) is 0 Å². The Morgan fingerprint density at radius 3 is 2.68 bits per heavy atom. The second-order valence-corrected chi connectivity index (χ2v) is 8.27. The Balaban J connectivity index is 1.62. The molecule has 144 valence electrons. The largest absolute Gasteiger partial charge is 0.326 e. The van der Waals surface area contributed by atoms with Gasteiger partial charge >= 0.3 is 0 Å². The van der Waals surface area contributed by atoms with E-state index in [0.717, 1.165) is 11.8 Å². The Kier molecular flexibility index (Phi) is 6.72. The molecule has 2 aromatic carbocycles. The first-order valence-electron chi connectivity index (χ1n) is 8.10. The topological polar surface area (TPSA) is 49.4 Å². The smallest absolute Gasteiger partial charge is 0.266 e. The molecule has 9 heteroatoms. The molecule has 1 saturated heterocycles. The number of thioether (sulfide) groups is 1. The van der Waals surface area contributed by atoms with E-state index in [1.165, 1.54) is 17.0 Å². The Morgan fingerprint density at radius 1 is 1.21 bits per heavy atom. The molecule has 0 bridgehead atoms. The lowest BCUT2D eigenvalue weighted by atomic mass is 10.2. The lowest BCUT2D eigenvalue weighted by Gasteiger charge is -2.14. The fourth-order valence-electron chi connectivity index (χ4n) is 2.44. The fourth-order valence-corrected chi connectivity index (χ4v) is 4.03. The van der Waals surface area contributed by atoms with E-state index in [9.17, 15) is 14.0 Å². The van der Waals surface area contributed by atoms with Gasteiger partial charge in [-0.1, -0.05) is 65.4 Å². The maximum atomic E-state index is 13.8. The number of hydrogen-bond acceptors (Lipinski definition) is 4. The molecule has 0 radical (unpaired) electrons. The molecule has 28 heavy (non-hydrogen) atoms. The monoisotopic (exact) mass is 454 g/mol. The van der Waals surface area contributed by atoms with Crippen molar-refractivity contribution in [2.24, 2.45) is 0 Å². The van der Waals surface area contributed by atoms with Gasteiger partial charge in [-0.25, -0.2) is 4.39 Å². The first kappa shape index (κ1) is 20.8. The minimum atomic E-state index is -0.422. The highest BCUT2D eigenvalue weighted by molar-refractivity contribution is 8.26. The van der Waals surface area contributed by atoms with Crippen LogP contribution in [0.4, 0.5) is 10.1 Å². The van der Waals surface area contributed by atoms with Crippen LogP contribution in [0.2, 0.25) is 10.0 Å². The van der Waals surface area contributed by atoms with Crippen LogP contribution >= 0.6 is 47.2 Å². The molecule has 0 atom stereocenters. The Bertz CT molecular complexity index is 998. The summed E-state index contributed by atoms with van der Waals surface area (Å²) in [6, 6.07) is 10.9. The molecule has 4 nitrogen and oxygen atoms in total. The van der Waals surface area contributed by atoms with Crippen molar-refractivity contribution in [3.63, 3.8) is 0 Å². The Morgan fingerprint density at radius 2 is 1.96 bits per heavy atom. The van der Waals surface area contributed by atoms with E-state index in [0.29, 0.717) is 30.5 Å². The standard InChI is InChI=1S/C19H13Cl2FN2O2S2/c20-13-6-5-12(10-14(13)21)23-17(25)7-8-24-18(26)16(28-19(24)27)9-11-3-1-2-4-15(11)22/h1-6,9-10H,7-8H2,(H,23,25)/b16-9-. The summed E-state index contributed by atoms with van der Waals surface area (Å²) >= 11 is 18.1. The SMILES string of the molecule is O=C(CCN1C(=O)/C(=C/c2ccccc2F)SC1=S)Nc1ccc(Cl)c(Cl)c1. The summed E-state index contributed by atoms with van der Waals surface area (Å²) in [5, 5.41) is 3.40. The number of carbonyl (C=O) groups excluding carboxylic acids is 2. The summed E-state index contributed by atoms with van der Waals surface area (Å²) < 4.78 is 14.1. The van der Waals surface area contributed by atoms with E-state index in [4.69, 9.17) is 35.4 Å². The van der Waals surface area contributed by atoms with E-state index in [2.05, 4.69) is 5.32 Å². The summed E-state index contributed by atoms with van der Waals surface area (Å²) in [4.78, 5) is 26.4. The number of amides is 2. The maximum absolute atomic E-state index is 13.8. The molecule has 1 fully saturated rings. The number of hydrogen-bond donors (Lipinski definition) is 1. The van der Waals surface area contributed by atoms with Crippen LogP contribution in [-0.2, 0) is 9.59 Å². The van der Waals surface area contributed by atoms with Crippen molar-refractivity contribution in [3.05, 3.63) is 68.8 Å². The van der Waals surface area contributed by atoms with Crippen molar-refractivity contribution >= 4 is 75.1 Å². The van der Waals surface area contributed by atoms with Crippen molar-refractivity contribution in [1.29, 1.82) is 0 Å². The van der Waals surface area contributed by atoms with Crippen molar-refractivity contribution in [2.45, 2.75) is 6.42 Å². The number of nitrogens with one attached hydrogen (secondary N) is 1. The molecular weight excluding hydrogens is 442 g/mol. The molecule has 1 heterocycles. The van der Waals surface area contributed by atoms with Gasteiger partial charge < -0.3 is 5.32 Å². The van der Waals surface area contributed by atoms with Gasteiger partial charge in [0, 0.05) is 24.2 Å².